The van der Waals surface area contributed by atoms with Crippen molar-refractivity contribution in [1.29, 1.82) is 0 Å². The summed E-state index contributed by atoms with van der Waals surface area (Å²) in [6.07, 6.45) is 2.06. The molecule has 0 radical (unpaired) electrons. The zero-order valence-corrected chi connectivity index (χ0v) is 13.9. The van der Waals surface area contributed by atoms with Gasteiger partial charge in [0.05, 0.1) is 6.54 Å². The molecule has 1 fully saturated rings. The molecule has 7 nitrogen and oxygen atoms in total. The Balaban J connectivity index is 1.50. The van der Waals surface area contributed by atoms with Gasteiger partial charge in [-0.25, -0.2) is 0 Å². The summed E-state index contributed by atoms with van der Waals surface area (Å²) in [6, 6.07) is 6.15. The minimum atomic E-state index is -0.0689. The van der Waals surface area contributed by atoms with Crippen molar-refractivity contribution in [2.75, 3.05) is 31.6 Å². The molecule has 1 aromatic heterocycles. The van der Waals surface area contributed by atoms with Crippen LogP contribution in [0.15, 0.2) is 23.7 Å². The lowest BCUT2D eigenvalue weighted by Gasteiger charge is -2.28. The standard InChI is InChI=1S/C16H18N4O3S/c21-14(18-16-19-17-10-24-16)9-20-6-2-4-12(20)11-3-1-5-13-15(11)23-8-7-22-13/h1,3,5,10,12H,2,4,6-9H2,(H,18,19,21). The number of nitrogens with one attached hydrogen (secondary N) is 1. The molecular weight excluding hydrogens is 328 g/mol. The lowest BCUT2D eigenvalue weighted by Crippen LogP contribution is -2.33. The first-order chi connectivity index (χ1) is 11.8. The summed E-state index contributed by atoms with van der Waals surface area (Å²) < 4.78 is 11.5. The van der Waals surface area contributed by atoms with E-state index < -0.39 is 0 Å². The molecule has 1 atom stereocenters. The number of amides is 1. The molecule has 3 heterocycles. The molecule has 1 unspecified atom stereocenters. The number of carbonyl (C=O) groups excluding carboxylic acids is 1. The molecule has 0 spiro atoms. The Hall–Kier alpha value is -2.19. The summed E-state index contributed by atoms with van der Waals surface area (Å²) in [5.74, 6) is 1.55. The largest absolute Gasteiger partial charge is 0.486 e. The summed E-state index contributed by atoms with van der Waals surface area (Å²) in [4.78, 5) is 14.4. The monoisotopic (exact) mass is 346 g/mol. The van der Waals surface area contributed by atoms with Crippen molar-refractivity contribution in [3.05, 3.63) is 29.3 Å². The second-order valence-electron chi connectivity index (χ2n) is 5.79. The Morgan fingerprint density at radius 1 is 1.38 bits per heavy atom. The van der Waals surface area contributed by atoms with E-state index in [-0.39, 0.29) is 11.9 Å². The van der Waals surface area contributed by atoms with Crippen LogP contribution in [0, 0.1) is 0 Å². The molecular formula is C16H18N4O3S. The van der Waals surface area contributed by atoms with E-state index in [4.69, 9.17) is 9.47 Å². The van der Waals surface area contributed by atoms with Crippen LogP contribution in [-0.4, -0.2) is 47.3 Å². The Morgan fingerprint density at radius 2 is 2.29 bits per heavy atom. The van der Waals surface area contributed by atoms with Gasteiger partial charge in [-0.15, -0.1) is 10.2 Å². The number of para-hydroxylation sites is 1. The molecule has 24 heavy (non-hydrogen) atoms. The molecule has 2 aromatic rings. The van der Waals surface area contributed by atoms with Crippen LogP contribution in [0.25, 0.3) is 0 Å². The minimum Gasteiger partial charge on any atom is -0.486 e. The highest BCUT2D eigenvalue weighted by molar-refractivity contribution is 7.13. The van der Waals surface area contributed by atoms with E-state index in [2.05, 4.69) is 26.5 Å². The molecule has 1 amide bonds. The number of benzene rings is 1. The van der Waals surface area contributed by atoms with Gasteiger partial charge in [0, 0.05) is 11.6 Å². The van der Waals surface area contributed by atoms with Crippen molar-refractivity contribution in [2.24, 2.45) is 0 Å². The van der Waals surface area contributed by atoms with Crippen LogP contribution in [0.2, 0.25) is 0 Å². The van der Waals surface area contributed by atoms with Gasteiger partial charge >= 0.3 is 0 Å². The third-order valence-corrected chi connectivity index (χ3v) is 4.88. The molecule has 8 heteroatoms. The lowest BCUT2D eigenvalue weighted by molar-refractivity contribution is -0.117. The summed E-state index contributed by atoms with van der Waals surface area (Å²) in [6.45, 7) is 2.36. The normalized spacial score (nSPS) is 20.1. The summed E-state index contributed by atoms with van der Waals surface area (Å²) in [7, 11) is 0. The Morgan fingerprint density at radius 3 is 3.17 bits per heavy atom. The number of nitrogens with zero attached hydrogens (tertiary/aromatic N) is 3. The highest BCUT2D eigenvalue weighted by Crippen LogP contribution is 2.42. The third-order valence-electron chi connectivity index (χ3n) is 4.27. The van der Waals surface area contributed by atoms with E-state index in [0.29, 0.717) is 24.9 Å². The topological polar surface area (TPSA) is 76.6 Å². The number of hydrogen-bond acceptors (Lipinski definition) is 7. The van der Waals surface area contributed by atoms with E-state index in [1.165, 1.54) is 11.3 Å². The van der Waals surface area contributed by atoms with Crippen LogP contribution >= 0.6 is 11.3 Å². The van der Waals surface area contributed by atoms with Crippen LogP contribution in [0.5, 0.6) is 11.5 Å². The molecule has 126 valence electrons. The van der Waals surface area contributed by atoms with Crippen molar-refractivity contribution in [3.63, 3.8) is 0 Å². The highest BCUT2D eigenvalue weighted by atomic mass is 32.1. The number of aromatic nitrogens is 2. The quantitative estimate of drug-likeness (QED) is 0.913. The van der Waals surface area contributed by atoms with E-state index in [1.54, 1.807) is 5.51 Å². The fourth-order valence-corrected chi connectivity index (χ4v) is 3.76. The van der Waals surface area contributed by atoms with Crippen molar-refractivity contribution in [1.82, 2.24) is 15.1 Å². The van der Waals surface area contributed by atoms with Crippen molar-refractivity contribution >= 4 is 22.4 Å². The van der Waals surface area contributed by atoms with E-state index >= 15 is 0 Å². The van der Waals surface area contributed by atoms with Crippen LogP contribution in [0.3, 0.4) is 0 Å². The number of hydrogen-bond donors (Lipinski definition) is 1. The van der Waals surface area contributed by atoms with Gasteiger partial charge in [-0.05, 0) is 25.5 Å². The fraction of sp³-hybridized carbons (Fsp3) is 0.438. The average Bonchev–Trinajstić information content (AvgIpc) is 3.26. The zero-order valence-electron chi connectivity index (χ0n) is 13.1. The predicted octanol–water partition coefficient (Wildman–Crippen LogP) is 2.08. The van der Waals surface area contributed by atoms with E-state index in [0.717, 1.165) is 36.4 Å². The maximum Gasteiger partial charge on any atom is 0.240 e. The first kappa shape index (κ1) is 15.3. The van der Waals surface area contributed by atoms with Crippen molar-refractivity contribution < 1.29 is 14.3 Å². The first-order valence-electron chi connectivity index (χ1n) is 8.00. The number of likely N-dealkylation sites (tertiary alicyclic amines) is 1. The van der Waals surface area contributed by atoms with Crippen LogP contribution in [0.1, 0.15) is 24.4 Å². The molecule has 1 N–H and O–H groups in total. The van der Waals surface area contributed by atoms with E-state index in [1.807, 2.05) is 12.1 Å². The average molecular weight is 346 g/mol. The maximum atomic E-state index is 12.3. The van der Waals surface area contributed by atoms with Gasteiger partial charge in [-0.3, -0.25) is 15.0 Å². The summed E-state index contributed by atoms with van der Waals surface area (Å²) >= 11 is 1.32. The number of rotatable bonds is 4. The zero-order chi connectivity index (χ0) is 16.4. The SMILES string of the molecule is O=C(CN1CCCC1c1cccc2c1OCCO2)Nc1nncs1. The number of ether oxygens (including phenoxy) is 2. The molecule has 0 bridgehead atoms. The van der Waals surface area contributed by atoms with Gasteiger partial charge < -0.3 is 9.47 Å². The first-order valence-corrected chi connectivity index (χ1v) is 8.88. The van der Waals surface area contributed by atoms with Crippen molar-refractivity contribution in [2.45, 2.75) is 18.9 Å². The Bertz CT molecular complexity index is 722. The number of carbonyl (C=O) groups is 1. The molecule has 2 aliphatic heterocycles. The van der Waals surface area contributed by atoms with Crippen LogP contribution in [-0.2, 0) is 4.79 Å². The second-order valence-corrected chi connectivity index (χ2v) is 6.63. The summed E-state index contributed by atoms with van der Waals surface area (Å²) in [5, 5.41) is 10.9. The van der Waals surface area contributed by atoms with Gasteiger partial charge in [-0.2, -0.15) is 0 Å². The van der Waals surface area contributed by atoms with Crippen LogP contribution < -0.4 is 14.8 Å². The predicted molar refractivity (Wildman–Crippen MR) is 89.5 cm³/mol. The smallest absolute Gasteiger partial charge is 0.240 e. The molecule has 2 aliphatic rings. The van der Waals surface area contributed by atoms with Crippen LogP contribution in [0.4, 0.5) is 5.13 Å². The van der Waals surface area contributed by atoms with Crippen molar-refractivity contribution in [3.8, 4) is 11.5 Å². The fourth-order valence-electron chi connectivity index (χ4n) is 3.30. The van der Waals surface area contributed by atoms with Gasteiger partial charge in [-0.1, -0.05) is 23.5 Å². The molecule has 1 aromatic carbocycles. The van der Waals surface area contributed by atoms with Gasteiger partial charge in [0.25, 0.3) is 0 Å². The maximum absolute atomic E-state index is 12.3. The molecule has 0 saturated carbocycles. The van der Waals surface area contributed by atoms with Gasteiger partial charge in [0.1, 0.15) is 18.7 Å². The molecule has 4 rings (SSSR count). The Kier molecular flexibility index (Phi) is 4.31. The van der Waals surface area contributed by atoms with E-state index in [9.17, 15) is 4.79 Å². The lowest BCUT2D eigenvalue weighted by atomic mass is 10.0. The Labute approximate surface area is 143 Å². The number of anilines is 1. The number of fused-ring (bicyclic) bond motifs is 1. The summed E-state index contributed by atoms with van der Waals surface area (Å²) in [5.41, 5.74) is 2.70. The van der Waals surface area contributed by atoms with Gasteiger partial charge in [0.2, 0.25) is 11.0 Å². The second kappa shape index (κ2) is 6.74. The molecule has 0 aliphatic carbocycles. The minimum absolute atomic E-state index is 0.0689. The third kappa shape index (κ3) is 3.07. The van der Waals surface area contributed by atoms with Gasteiger partial charge in [0.15, 0.2) is 11.5 Å². The highest BCUT2D eigenvalue weighted by Gasteiger charge is 2.31. The molecule has 1 saturated heterocycles.